The molecule has 3 saturated carbocycles. The van der Waals surface area contributed by atoms with Crippen molar-refractivity contribution in [3.05, 3.63) is 28.5 Å². The van der Waals surface area contributed by atoms with E-state index in [-0.39, 0.29) is 5.91 Å². The first-order valence-electron chi connectivity index (χ1n) is 8.14. The molecule has 112 valence electrons. The van der Waals surface area contributed by atoms with Gasteiger partial charge < -0.3 is 5.32 Å². The van der Waals surface area contributed by atoms with Crippen LogP contribution in [0.15, 0.2) is 12.1 Å². The van der Waals surface area contributed by atoms with E-state index in [0.717, 1.165) is 42.2 Å². The highest BCUT2D eigenvalue weighted by Gasteiger charge is 2.65. The molecule has 21 heavy (non-hydrogen) atoms. The van der Waals surface area contributed by atoms with Gasteiger partial charge in [-0.3, -0.25) is 4.79 Å². The number of pyridine rings is 1. The Morgan fingerprint density at radius 1 is 1.33 bits per heavy atom. The van der Waals surface area contributed by atoms with Crippen molar-refractivity contribution < 1.29 is 4.79 Å². The molecule has 2 bridgehead atoms. The van der Waals surface area contributed by atoms with E-state index in [9.17, 15) is 4.79 Å². The Hall–Kier alpha value is -1.09. The van der Waals surface area contributed by atoms with Crippen LogP contribution in [0.3, 0.4) is 0 Å². The zero-order valence-electron chi connectivity index (χ0n) is 12.3. The molecule has 1 heterocycles. The molecular formula is C17H21ClN2O. The van der Waals surface area contributed by atoms with Gasteiger partial charge >= 0.3 is 0 Å². The minimum atomic E-state index is 0.0236. The van der Waals surface area contributed by atoms with Crippen molar-refractivity contribution in [2.75, 3.05) is 0 Å². The Morgan fingerprint density at radius 3 is 2.71 bits per heavy atom. The first-order valence-corrected chi connectivity index (χ1v) is 8.52. The van der Waals surface area contributed by atoms with E-state index in [2.05, 4.69) is 17.2 Å². The lowest BCUT2D eigenvalue weighted by Crippen LogP contribution is -2.30. The molecule has 3 fully saturated rings. The third-order valence-corrected chi connectivity index (χ3v) is 5.84. The Kier molecular flexibility index (Phi) is 3.21. The number of hydrogen-bond acceptors (Lipinski definition) is 2. The first kappa shape index (κ1) is 13.6. The zero-order chi connectivity index (χ0) is 14.6. The maximum absolute atomic E-state index is 12.5. The van der Waals surface area contributed by atoms with Gasteiger partial charge in [-0.2, -0.15) is 0 Å². The van der Waals surface area contributed by atoms with Gasteiger partial charge in [0, 0.05) is 17.3 Å². The number of nitrogens with zero attached hydrogens (tertiary/aromatic N) is 1. The Morgan fingerprint density at radius 2 is 2.05 bits per heavy atom. The molecule has 1 N–H and O–H groups in total. The average molecular weight is 305 g/mol. The van der Waals surface area contributed by atoms with Crippen LogP contribution in [-0.4, -0.2) is 16.9 Å². The maximum atomic E-state index is 12.5. The van der Waals surface area contributed by atoms with Crippen LogP contribution in [0, 0.1) is 23.7 Å². The maximum Gasteiger partial charge on any atom is 0.251 e. The van der Waals surface area contributed by atoms with Gasteiger partial charge in [-0.1, -0.05) is 24.9 Å². The van der Waals surface area contributed by atoms with Gasteiger partial charge in [0.25, 0.3) is 5.91 Å². The Labute approximate surface area is 130 Å². The molecule has 1 aromatic rings. The number of carbonyl (C=O) groups excluding carboxylic acids is 1. The van der Waals surface area contributed by atoms with Gasteiger partial charge in [0.15, 0.2) is 0 Å². The highest BCUT2D eigenvalue weighted by Crippen LogP contribution is 2.65. The molecule has 4 heteroatoms. The lowest BCUT2D eigenvalue weighted by molar-refractivity contribution is 0.0944. The van der Waals surface area contributed by atoms with Gasteiger partial charge in [-0.15, -0.1) is 0 Å². The van der Waals surface area contributed by atoms with Gasteiger partial charge in [-0.05, 0) is 61.5 Å². The number of rotatable bonds is 4. The second-order valence-electron chi connectivity index (χ2n) is 6.91. The van der Waals surface area contributed by atoms with Crippen molar-refractivity contribution in [2.45, 2.75) is 45.1 Å². The van der Waals surface area contributed by atoms with E-state index in [0.29, 0.717) is 16.8 Å². The summed E-state index contributed by atoms with van der Waals surface area (Å²) in [6.45, 7) is 2.10. The van der Waals surface area contributed by atoms with Crippen LogP contribution in [-0.2, 0) is 6.42 Å². The number of aromatic nitrogens is 1. The van der Waals surface area contributed by atoms with Crippen molar-refractivity contribution in [1.29, 1.82) is 0 Å². The smallest absolute Gasteiger partial charge is 0.251 e. The fourth-order valence-corrected chi connectivity index (χ4v) is 5.05. The molecule has 0 saturated heterocycles. The molecule has 4 rings (SSSR count). The average Bonchev–Trinajstić information content (AvgIpc) is 2.83. The molecule has 0 aliphatic heterocycles. The zero-order valence-corrected chi connectivity index (χ0v) is 13.1. The van der Waals surface area contributed by atoms with E-state index in [1.54, 1.807) is 6.07 Å². The van der Waals surface area contributed by atoms with E-state index in [1.807, 2.05) is 6.07 Å². The molecule has 0 radical (unpaired) electrons. The summed E-state index contributed by atoms with van der Waals surface area (Å²) in [4.78, 5) is 16.7. The second kappa shape index (κ2) is 4.98. The molecule has 0 spiro atoms. The van der Waals surface area contributed by atoms with Crippen molar-refractivity contribution in [3.63, 3.8) is 0 Å². The standard InChI is InChI=1S/C17H21ClN2O/c1-2-3-12-7-11(8-13(18)19-12)17(21)20-16-14-9-4-5-10(6-9)15(14)16/h7-10,14-16H,2-6H2,1H3,(H,20,21). The van der Waals surface area contributed by atoms with Crippen LogP contribution in [0.2, 0.25) is 5.15 Å². The molecule has 1 amide bonds. The van der Waals surface area contributed by atoms with Crippen LogP contribution < -0.4 is 5.32 Å². The summed E-state index contributed by atoms with van der Waals surface area (Å²) < 4.78 is 0. The number of hydrogen-bond donors (Lipinski definition) is 1. The molecular weight excluding hydrogens is 284 g/mol. The van der Waals surface area contributed by atoms with Gasteiger partial charge in [-0.25, -0.2) is 4.98 Å². The lowest BCUT2D eigenvalue weighted by atomic mass is 10.0. The van der Waals surface area contributed by atoms with E-state index < -0.39 is 0 Å². The third-order valence-electron chi connectivity index (χ3n) is 5.65. The van der Waals surface area contributed by atoms with Crippen LogP contribution in [0.4, 0.5) is 0 Å². The van der Waals surface area contributed by atoms with Crippen LogP contribution in [0.5, 0.6) is 0 Å². The van der Waals surface area contributed by atoms with Crippen LogP contribution in [0.25, 0.3) is 0 Å². The van der Waals surface area contributed by atoms with Crippen LogP contribution >= 0.6 is 11.6 Å². The van der Waals surface area contributed by atoms with Crippen molar-refractivity contribution in [3.8, 4) is 0 Å². The van der Waals surface area contributed by atoms with Crippen LogP contribution in [0.1, 0.15) is 48.7 Å². The highest BCUT2D eigenvalue weighted by atomic mass is 35.5. The summed E-state index contributed by atoms with van der Waals surface area (Å²) >= 11 is 6.04. The lowest BCUT2D eigenvalue weighted by Gasteiger charge is -2.11. The minimum absolute atomic E-state index is 0.0236. The number of amides is 1. The molecule has 0 aromatic carbocycles. The quantitative estimate of drug-likeness (QED) is 0.866. The largest absolute Gasteiger partial charge is 0.349 e. The number of halogens is 1. The topological polar surface area (TPSA) is 42.0 Å². The van der Waals surface area contributed by atoms with Crippen molar-refractivity contribution in [1.82, 2.24) is 10.3 Å². The number of aryl methyl sites for hydroxylation is 1. The fourth-order valence-electron chi connectivity index (χ4n) is 4.82. The monoisotopic (exact) mass is 304 g/mol. The Bertz CT molecular complexity index is 572. The first-order chi connectivity index (χ1) is 10.2. The van der Waals surface area contributed by atoms with Gasteiger partial charge in [0.2, 0.25) is 0 Å². The SMILES string of the molecule is CCCc1cc(C(=O)NC2C3C4CCC(C4)C23)cc(Cl)n1. The summed E-state index contributed by atoms with van der Waals surface area (Å²) in [5.74, 6) is 3.31. The minimum Gasteiger partial charge on any atom is -0.349 e. The predicted molar refractivity (Wildman–Crippen MR) is 82.3 cm³/mol. The summed E-state index contributed by atoms with van der Waals surface area (Å²) in [6.07, 6.45) is 6.02. The summed E-state index contributed by atoms with van der Waals surface area (Å²) in [7, 11) is 0. The normalized spacial score (nSPS) is 35.6. The van der Waals surface area contributed by atoms with E-state index in [1.165, 1.54) is 19.3 Å². The number of carbonyl (C=O) groups is 1. The van der Waals surface area contributed by atoms with E-state index in [4.69, 9.17) is 11.6 Å². The molecule has 3 aliphatic rings. The highest BCUT2D eigenvalue weighted by molar-refractivity contribution is 6.29. The van der Waals surface area contributed by atoms with Crippen molar-refractivity contribution in [2.24, 2.45) is 23.7 Å². The van der Waals surface area contributed by atoms with Gasteiger partial charge in [0.05, 0.1) is 0 Å². The number of nitrogens with one attached hydrogen (secondary N) is 1. The molecule has 4 atom stereocenters. The van der Waals surface area contributed by atoms with Crippen molar-refractivity contribution >= 4 is 17.5 Å². The molecule has 1 aromatic heterocycles. The molecule has 4 unspecified atom stereocenters. The Balaban J connectivity index is 1.46. The molecule has 3 aliphatic carbocycles. The molecule has 3 nitrogen and oxygen atoms in total. The fraction of sp³-hybridized carbons (Fsp3) is 0.647. The third kappa shape index (κ3) is 2.26. The van der Waals surface area contributed by atoms with Gasteiger partial charge in [0.1, 0.15) is 5.15 Å². The second-order valence-corrected chi connectivity index (χ2v) is 7.29. The summed E-state index contributed by atoms with van der Waals surface area (Å²) in [5.41, 5.74) is 1.57. The van der Waals surface area contributed by atoms with E-state index >= 15 is 0 Å². The predicted octanol–water partition coefficient (Wildman–Crippen LogP) is 3.46. The summed E-state index contributed by atoms with van der Waals surface area (Å²) in [6, 6.07) is 3.99. The number of fused-ring (bicyclic) bond motifs is 5. The summed E-state index contributed by atoms with van der Waals surface area (Å²) in [5, 5.41) is 3.66.